The molecule has 62 valence electrons. The van der Waals surface area contributed by atoms with Gasteiger partial charge in [-0.1, -0.05) is 0 Å². The van der Waals surface area contributed by atoms with Crippen LogP contribution in [0.2, 0.25) is 0 Å². The van der Waals surface area contributed by atoms with Crippen LogP contribution in [0.25, 0.3) is 0 Å². The fourth-order valence-corrected chi connectivity index (χ4v) is 0.582. The molecule has 1 heterocycles. The van der Waals surface area contributed by atoms with Gasteiger partial charge in [0.1, 0.15) is 12.0 Å². The summed E-state index contributed by atoms with van der Waals surface area (Å²) in [5, 5.41) is 0. The van der Waals surface area contributed by atoms with E-state index in [0.717, 1.165) is 6.29 Å². The summed E-state index contributed by atoms with van der Waals surface area (Å²) < 4.78 is 4.98. The van der Waals surface area contributed by atoms with Crippen molar-refractivity contribution in [2.24, 2.45) is 5.73 Å². The van der Waals surface area contributed by atoms with E-state index >= 15 is 0 Å². The third-order valence-electron chi connectivity index (χ3n) is 0.954. The third-order valence-corrected chi connectivity index (χ3v) is 0.954. The van der Waals surface area contributed by atoms with Crippen LogP contribution in [0.4, 0.5) is 0 Å². The van der Waals surface area contributed by atoms with E-state index in [9.17, 15) is 4.79 Å². The quantitative estimate of drug-likeness (QED) is 0.625. The van der Waals surface area contributed by atoms with Crippen molar-refractivity contribution < 1.29 is 9.21 Å². The van der Waals surface area contributed by atoms with E-state index in [4.69, 9.17) is 4.42 Å². The van der Waals surface area contributed by atoms with Crippen molar-refractivity contribution in [3.63, 3.8) is 0 Å². The Morgan fingerprint density at radius 3 is 2.73 bits per heavy atom. The van der Waals surface area contributed by atoms with Gasteiger partial charge in [-0.2, -0.15) is 0 Å². The zero-order valence-corrected chi connectivity index (χ0v) is 6.70. The van der Waals surface area contributed by atoms with Crippen LogP contribution < -0.4 is 5.73 Å². The van der Waals surface area contributed by atoms with Crippen LogP contribution in [-0.4, -0.2) is 18.3 Å². The number of aryl methyl sites for hydroxylation is 1. The van der Waals surface area contributed by atoms with Gasteiger partial charge >= 0.3 is 0 Å². The summed E-state index contributed by atoms with van der Waals surface area (Å²) in [5.41, 5.74) is 4.50. The zero-order valence-electron chi connectivity index (χ0n) is 6.70. The zero-order chi connectivity index (χ0) is 8.69. The first kappa shape index (κ1) is 9.84. The Kier molecular flexibility index (Phi) is 5.02. The van der Waals surface area contributed by atoms with Crippen molar-refractivity contribution in [3.8, 4) is 0 Å². The van der Waals surface area contributed by atoms with Gasteiger partial charge in [0.2, 0.25) is 0 Å². The summed E-state index contributed by atoms with van der Waals surface area (Å²) in [6.45, 7) is 1.74. The lowest BCUT2D eigenvalue weighted by atomic mass is 10.4. The average Bonchev–Trinajstić information content (AvgIpc) is 2.41. The molecule has 4 heteroatoms. The van der Waals surface area contributed by atoms with Crippen molar-refractivity contribution in [1.82, 2.24) is 4.98 Å². The lowest BCUT2D eigenvalue weighted by Gasteiger charge is -1.80. The fourth-order valence-electron chi connectivity index (χ4n) is 0.582. The summed E-state index contributed by atoms with van der Waals surface area (Å²) in [5.74, 6) is 1.23. The number of nitrogens with zero attached hydrogens (tertiary/aromatic N) is 1. The first-order valence-electron chi connectivity index (χ1n) is 3.25. The molecule has 4 nitrogen and oxygen atoms in total. The SMILES string of the molecule is CN.Cc1ncc(CC=O)o1. The molecule has 0 spiro atoms. The molecule has 0 aliphatic heterocycles. The summed E-state index contributed by atoms with van der Waals surface area (Å²) in [6, 6.07) is 0. The Hall–Kier alpha value is -1.16. The number of oxazole rings is 1. The average molecular weight is 156 g/mol. The van der Waals surface area contributed by atoms with Crippen LogP contribution >= 0.6 is 0 Å². The van der Waals surface area contributed by atoms with Gasteiger partial charge in [0, 0.05) is 6.92 Å². The highest BCUT2D eigenvalue weighted by Gasteiger charge is 1.95. The molecule has 0 bridgehead atoms. The van der Waals surface area contributed by atoms with Gasteiger partial charge < -0.3 is 14.9 Å². The molecule has 0 saturated carbocycles. The van der Waals surface area contributed by atoms with Crippen molar-refractivity contribution in [2.75, 3.05) is 7.05 Å². The minimum Gasteiger partial charge on any atom is -0.446 e. The van der Waals surface area contributed by atoms with Crippen molar-refractivity contribution in [2.45, 2.75) is 13.3 Å². The highest BCUT2D eigenvalue weighted by molar-refractivity contribution is 5.52. The topological polar surface area (TPSA) is 69.1 Å². The Balaban J connectivity index is 0.000000461. The van der Waals surface area contributed by atoms with Gasteiger partial charge in [0.25, 0.3) is 0 Å². The van der Waals surface area contributed by atoms with Crippen LogP contribution in [0.1, 0.15) is 11.7 Å². The number of carbonyl (C=O) groups excluding carboxylic acids is 1. The van der Waals surface area contributed by atoms with E-state index in [-0.39, 0.29) is 0 Å². The summed E-state index contributed by atoms with van der Waals surface area (Å²) in [4.78, 5) is 13.7. The van der Waals surface area contributed by atoms with Gasteiger partial charge in [-0.3, -0.25) is 0 Å². The van der Waals surface area contributed by atoms with Gasteiger partial charge in [0.15, 0.2) is 5.89 Å². The number of carbonyl (C=O) groups is 1. The summed E-state index contributed by atoms with van der Waals surface area (Å²) >= 11 is 0. The molecule has 0 unspecified atom stereocenters. The van der Waals surface area contributed by atoms with E-state index in [1.165, 1.54) is 7.05 Å². The van der Waals surface area contributed by atoms with E-state index in [0.29, 0.717) is 18.1 Å². The molecule has 2 N–H and O–H groups in total. The van der Waals surface area contributed by atoms with Crippen molar-refractivity contribution in [3.05, 3.63) is 17.8 Å². The van der Waals surface area contributed by atoms with Crippen LogP contribution in [0, 0.1) is 6.92 Å². The lowest BCUT2D eigenvalue weighted by Crippen LogP contribution is -1.78. The molecular formula is C7H12N2O2. The van der Waals surface area contributed by atoms with Gasteiger partial charge in [-0.05, 0) is 7.05 Å². The molecule has 1 aromatic rings. The standard InChI is InChI=1S/C6H7NO2.CH5N/c1-5-7-4-6(9-5)2-3-8;1-2/h3-4H,2H2,1H3;2H2,1H3. The predicted molar refractivity (Wildman–Crippen MR) is 41.1 cm³/mol. The van der Waals surface area contributed by atoms with Gasteiger partial charge in [0.05, 0.1) is 12.6 Å². The first-order chi connectivity index (χ1) is 5.33. The van der Waals surface area contributed by atoms with Crippen molar-refractivity contribution >= 4 is 6.29 Å². The van der Waals surface area contributed by atoms with Gasteiger partial charge in [-0.25, -0.2) is 4.98 Å². The van der Waals surface area contributed by atoms with Crippen LogP contribution in [0.15, 0.2) is 10.6 Å². The molecule has 0 saturated heterocycles. The molecule has 0 atom stereocenters. The number of hydrogen-bond acceptors (Lipinski definition) is 4. The number of aldehydes is 1. The minimum absolute atomic E-state index is 0.320. The molecule has 1 aromatic heterocycles. The van der Waals surface area contributed by atoms with Crippen LogP contribution in [0.3, 0.4) is 0 Å². The number of hydrogen-bond donors (Lipinski definition) is 1. The molecule has 0 amide bonds. The molecule has 0 aromatic carbocycles. The second-order valence-electron chi connectivity index (χ2n) is 1.72. The maximum atomic E-state index is 9.90. The highest BCUT2D eigenvalue weighted by Crippen LogP contribution is 2.00. The Labute approximate surface area is 65.4 Å². The number of nitrogens with two attached hydrogens (primary N) is 1. The van der Waals surface area contributed by atoms with E-state index in [1.54, 1.807) is 13.1 Å². The Morgan fingerprint density at radius 1 is 1.73 bits per heavy atom. The maximum absolute atomic E-state index is 9.90. The van der Waals surface area contributed by atoms with E-state index in [1.807, 2.05) is 0 Å². The normalized spacial score (nSPS) is 8.27. The smallest absolute Gasteiger partial charge is 0.191 e. The molecule has 11 heavy (non-hydrogen) atoms. The van der Waals surface area contributed by atoms with E-state index < -0.39 is 0 Å². The molecule has 0 aliphatic rings. The predicted octanol–water partition coefficient (Wildman–Crippen LogP) is 0.299. The monoisotopic (exact) mass is 156 g/mol. The second-order valence-corrected chi connectivity index (χ2v) is 1.72. The van der Waals surface area contributed by atoms with Crippen molar-refractivity contribution in [1.29, 1.82) is 0 Å². The maximum Gasteiger partial charge on any atom is 0.191 e. The van der Waals surface area contributed by atoms with Gasteiger partial charge in [-0.15, -0.1) is 0 Å². The Morgan fingerprint density at radius 2 is 2.36 bits per heavy atom. The highest BCUT2D eigenvalue weighted by atomic mass is 16.4. The second kappa shape index (κ2) is 5.61. The fraction of sp³-hybridized carbons (Fsp3) is 0.429. The number of aromatic nitrogens is 1. The summed E-state index contributed by atoms with van der Waals surface area (Å²) in [7, 11) is 1.50. The molecular weight excluding hydrogens is 144 g/mol. The van der Waals surface area contributed by atoms with Crippen LogP contribution in [-0.2, 0) is 11.2 Å². The summed E-state index contributed by atoms with van der Waals surface area (Å²) in [6.07, 6.45) is 2.67. The molecule has 0 fully saturated rings. The van der Waals surface area contributed by atoms with Crippen LogP contribution in [0.5, 0.6) is 0 Å². The molecule has 0 aliphatic carbocycles. The number of rotatable bonds is 2. The van der Waals surface area contributed by atoms with E-state index in [2.05, 4.69) is 10.7 Å². The Bertz CT molecular complexity index is 208. The minimum atomic E-state index is 0.320. The first-order valence-corrected chi connectivity index (χ1v) is 3.25. The molecule has 0 radical (unpaired) electrons. The molecule has 1 rings (SSSR count). The lowest BCUT2D eigenvalue weighted by molar-refractivity contribution is -0.107. The third kappa shape index (κ3) is 3.52. The largest absolute Gasteiger partial charge is 0.446 e.